The van der Waals surface area contributed by atoms with Crippen LogP contribution in [-0.4, -0.2) is 25.0 Å². The molecule has 1 saturated heterocycles. The Bertz CT molecular complexity index is 1250. The van der Waals surface area contributed by atoms with E-state index < -0.39 is 17.8 Å². The van der Waals surface area contributed by atoms with Gasteiger partial charge in [0.2, 0.25) is 0 Å². The van der Waals surface area contributed by atoms with Crippen LogP contribution in [0.3, 0.4) is 0 Å². The van der Waals surface area contributed by atoms with E-state index in [0.717, 1.165) is 4.90 Å². The van der Waals surface area contributed by atoms with Crippen molar-refractivity contribution in [1.29, 1.82) is 0 Å². The van der Waals surface area contributed by atoms with Crippen LogP contribution < -0.4 is 15.0 Å². The van der Waals surface area contributed by atoms with Crippen molar-refractivity contribution < 1.29 is 23.5 Å². The number of amides is 4. The van der Waals surface area contributed by atoms with Crippen molar-refractivity contribution in [3.63, 3.8) is 0 Å². The molecule has 9 heteroatoms. The van der Waals surface area contributed by atoms with Crippen LogP contribution in [0.2, 0.25) is 10.0 Å². The van der Waals surface area contributed by atoms with Gasteiger partial charge in [0.25, 0.3) is 11.8 Å². The summed E-state index contributed by atoms with van der Waals surface area (Å²) in [5.74, 6) is -0.552. The van der Waals surface area contributed by atoms with E-state index in [0.29, 0.717) is 22.1 Å². The fourth-order valence-electron chi connectivity index (χ4n) is 3.06. The maximum Gasteiger partial charge on any atom is 0.335 e. The molecule has 3 aromatic rings. The number of ether oxygens (including phenoxy) is 1. The van der Waals surface area contributed by atoms with E-state index in [1.54, 1.807) is 30.3 Å². The SMILES string of the molecule is COc1ccc(N2C(=O)NC(=O)C(=Cc3ccc(-c4ccccc4Cl)o3)C2=O)cc1Cl. The molecule has 0 spiro atoms. The molecule has 4 rings (SSSR count). The van der Waals surface area contributed by atoms with E-state index >= 15 is 0 Å². The molecule has 1 aromatic heterocycles. The van der Waals surface area contributed by atoms with Crippen LogP contribution in [0, 0.1) is 0 Å². The first-order valence-corrected chi connectivity index (χ1v) is 9.74. The molecule has 0 aliphatic carbocycles. The van der Waals surface area contributed by atoms with Crippen LogP contribution in [0.25, 0.3) is 17.4 Å². The summed E-state index contributed by atoms with van der Waals surface area (Å²) in [6.07, 6.45) is 1.27. The lowest BCUT2D eigenvalue weighted by molar-refractivity contribution is -0.122. The van der Waals surface area contributed by atoms with Crippen molar-refractivity contribution in [3.8, 4) is 17.1 Å². The van der Waals surface area contributed by atoms with E-state index in [4.69, 9.17) is 32.4 Å². The second kappa shape index (κ2) is 8.29. The quantitative estimate of drug-likeness (QED) is 0.444. The van der Waals surface area contributed by atoms with Gasteiger partial charge in [-0.05, 0) is 48.5 Å². The molecule has 0 saturated carbocycles. The lowest BCUT2D eigenvalue weighted by Crippen LogP contribution is -2.54. The fraction of sp³-hybridized carbons (Fsp3) is 0.0455. The molecule has 0 atom stereocenters. The Morgan fingerprint density at radius 2 is 1.77 bits per heavy atom. The minimum absolute atomic E-state index is 0.183. The summed E-state index contributed by atoms with van der Waals surface area (Å²) in [7, 11) is 1.44. The third-order valence-corrected chi connectivity index (χ3v) is 5.17. The van der Waals surface area contributed by atoms with Gasteiger partial charge in [0.1, 0.15) is 22.8 Å². The number of hydrogen-bond acceptors (Lipinski definition) is 5. The van der Waals surface area contributed by atoms with Gasteiger partial charge >= 0.3 is 6.03 Å². The molecular weight excluding hydrogens is 443 g/mol. The number of rotatable bonds is 4. The molecule has 4 amide bonds. The Kier molecular flexibility index (Phi) is 5.54. The van der Waals surface area contributed by atoms with Crippen molar-refractivity contribution in [1.82, 2.24) is 5.32 Å². The van der Waals surface area contributed by atoms with E-state index in [2.05, 4.69) is 5.32 Å². The predicted octanol–water partition coefficient (Wildman–Crippen LogP) is 4.93. The minimum Gasteiger partial charge on any atom is -0.495 e. The molecule has 2 aromatic carbocycles. The fourth-order valence-corrected chi connectivity index (χ4v) is 3.55. The monoisotopic (exact) mass is 456 g/mol. The van der Waals surface area contributed by atoms with Crippen molar-refractivity contribution in [2.75, 3.05) is 12.0 Å². The summed E-state index contributed by atoms with van der Waals surface area (Å²) in [6.45, 7) is 0. The van der Waals surface area contributed by atoms with Gasteiger partial charge in [0.15, 0.2) is 0 Å². The summed E-state index contributed by atoms with van der Waals surface area (Å²) in [6, 6.07) is 13.9. The highest BCUT2D eigenvalue weighted by Crippen LogP contribution is 2.32. The molecule has 1 fully saturated rings. The molecule has 2 heterocycles. The largest absolute Gasteiger partial charge is 0.495 e. The number of imide groups is 2. The molecule has 7 nitrogen and oxygen atoms in total. The number of benzene rings is 2. The van der Waals surface area contributed by atoms with Crippen molar-refractivity contribution in [3.05, 3.63) is 76.0 Å². The smallest absolute Gasteiger partial charge is 0.335 e. The lowest BCUT2D eigenvalue weighted by atomic mass is 10.1. The zero-order valence-corrected chi connectivity index (χ0v) is 17.5. The number of hydrogen-bond donors (Lipinski definition) is 1. The summed E-state index contributed by atoms with van der Waals surface area (Å²) in [5.41, 5.74) is 0.576. The van der Waals surface area contributed by atoms with Crippen molar-refractivity contribution >= 4 is 52.8 Å². The number of nitrogens with zero attached hydrogens (tertiary/aromatic N) is 1. The van der Waals surface area contributed by atoms with E-state index in [-0.39, 0.29) is 22.0 Å². The number of carbonyl (C=O) groups excluding carboxylic acids is 3. The molecule has 1 aliphatic heterocycles. The van der Waals surface area contributed by atoms with Gasteiger partial charge < -0.3 is 9.15 Å². The first kappa shape index (κ1) is 20.7. The van der Waals surface area contributed by atoms with Crippen molar-refractivity contribution in [2.45, 2.75) is 0 Å². The predicted molar refractivity (Wildman–Crippen MR) is 116 cm³/mol. The Balaban J connectivity index is 1.68. The van der Waals surface area contributed by atoms with E-state index in [1.165, 1.54) is 31.4 Å². The number of barbiturate groups is 1. The third kappa shape index (κ3) is 3.93. The first-order chi connectivity index (χ1) is 14.9. The molecule has 0 bridgehead atoms. The lowest BCUT2D eigenvalue weighted by Gasteiger charge is -2.26. The topological polar surface area (TPSA) is 88.8 Å². The highest BCUT2D eigenvalue weighted by molar-refractivity contribution is 6.39. The van der Waals surface area contributed by atoms with Gasteiger partial charge in [-0.25, -0.2) is 9.69 Å². The summed E-state index contributed by atoms with van der Waals surface area (Å²) in [5, 5.41) is 2.85. The maximum absolute atomic E-state index is 13.0. The molecular formula is C22H14Cl2N2O5. The third-order valence-electron chi connectivity index (χ3n) is 4.55. The van der Waals surface area contributed by atoms with Crippen LogP contribution in [0.15, 0.2) is 64.6 Å². The first-order valence-electron chi connectivity index (χ1n) is 8.99. The molecule has 1 aliphatic rings. The Morgan fingerprint density at radius 3 is 2.48 bits per heavy atom. The number of carbonyl (C=O) groups is 3. The number of nitrogens with one attached hydrogen (secondary N) is 1. The van der Waals surface area contributed by atoms with Crippen LogP contribution in [0.1, 0.15) is 5.76 Å². The average Bonchev–Trinajstić information content (AvgIpc) is 3.20. The number of urea groups is 1. The highest BCUT2D eigenvalue weighted by atomic mass is 35.5. The van der Waals surface area contributed by atoms with E-state index in [9.17, 15) is 14.4 Å². The molecule has 156 valence electrons. The minimum atomic E-state index is -0.885. The van der Waals surface area contributed by atoms with E-state index in [1.807, 2.05) is 6.07 Å². The number of furan rings is 1. The Hall–Kier alpha value is -3.55. The van der Waals surface area contributed by atoms with Gasteiger partial charge in [-0.15, -0.1) is 0 Å². The normalized spacial score (nSPS) is 15.4. The second-order valence-corrected chi connectivity index (χ2v) is 7.27. The van der Waals surface area contributed by atoms with Crippen LogP contribution >= 0.6 is 23.2 Å². The molecule has 31 heavy (non-hydrogen) atoms. The maximum atomic E-state index is 13.0. The highest BCUT2D eigenvalue weighted by Gasteiger charge is 2.37. The number of halogens is 2. The standard InChI is InChI=1S/C22H14Cl2N2O5/c1-30-19-8-6-12(10-17(19)24)26-21(28)15(20(27)25-22(26)29)11-13-7-9-18(31-13)14-4-2-3-5-16(14)23/h2-11H,1H3,(H,25,27,29). The van der Waals surface area contributed by atoms with Gasteiger partial charge in [-0.2, -0.15) is 0 Å². The van der Waals surface area contributed by atoms with Gasteiger partial charge in [-0.3, -0.25) is 14.9 Å². The van der Waals surface area contributed by atoms with Crippen LogP contribution in [0.4, 0.5) is 10.5 Å². The molecule has 0 unspecified atom stereocenters. The Morgan fingerprint density at radius 1 is 1.00 bits per heavy atom. The zero-order valence-electron chi connectivity index (χ0n) is 16.0. The van der Waals surface area contributed by atoms with Crippen molar-refractivity contribution in [2.24, 2.45) is 0 Å². The average molecular weight is 457 g/mol. The Labute approximate surface area is 186 Å². The summed E-state index contributed by atoms with van der Waals surface area (Å²) < 4.78 is 10.8. The van der Waals surface area contributed by atoms with Gasteiger partial charge in [0.05, 0.1) is 22.8 Å². The van der Waals surface area contributed by atoms with Crippen LogP contribution in [0.5, 0.6) is 5.75 Å². The zero-order chi connectivity index (χ0) is 22.1. The summed E-state index contributed by atoms with van der Waals surface area (Å²) >= 11 is 12.3. The van der Waals surface area contributed by atoms with Crippen LogP contribution in [-0.2, 0) is 9.59 Å². The van der Waals surface area contributed by atoms with Gasteiger partial charge in [0, 0.05) is 5.56 Å². The van der Waals surface area contributed by atoms with Gasteiger partial charge in [-0.1, -0.05) is 35.3 Å². The number of anilines is 1. The second-order valence-electron chi connectivity index (χ2n) is 6.46. The molecule has 1 N–H and O–H groups in total. The molecule has 0 radical (unpaired) electrons. The number of methoxy groups -OCH3 is 1. The summed E-state index contributed by atoms with van der Waals surface area (Å²) in [4.78, 5) is 38.5.